The van der Waals surface area contributed by atoms with Crippen molar-refractivity contribution in [2.24, 2.45) is 0 Å². The van der Waals surface area contributed by atoms with Gasteiger partial charge in [0, 0.05) is 11.6 Å². The molecule has 1 aromatic carbocycles. The van der Waals surface area contributed by atoms with Gasteiger partial charge in [-0.1, -0.05) is 6.07 Å². The molecule has 0 bridgehead atoms. The van der Waals surface area contributed by atoms with Crippen LogP contribution < -0.4 is 10.1 Å². The van der Waals surface area contributed by atoms with Crippen LogP contribution in [0.3, 0.4) is 0 Å². The van der Waals surface area contributed by atoms with Crippen molar-refractivity contribution in [2.75, 3.05) is 12.4 Å². The van der Waals surface area contributed by atoms with Crippen LogP contribution in [0.25, 0.3) is 16.8 Å². The van der Waals surface area contributed by atoms with Crippen LogP contribution in [-0.4, -0.2) is 28.5 Å². The summed E-state index contributed by atoms with van der Waals surface area (Å²) in [6.07, 6.45) is 2.37. The van der Waals surface area contributed by atoms with Crippen molar-refractivity contribution in [2.45, 2.75) is 25.8 Å². The number of hydrogen-bond acceptors (Lipinski definition) is 4. The molecule has 122 valence electrons. The molecule has 0 spiro atoms. The monoisotopic (exact) mass is 321 g/mol. The molecule has 4 rings (SSSR count). The number of anilines is 1. The molecule has 0 radical (unpaired) electrons. The van der Waals surface area contributed by atoms with Crippen LogP contribution >= 0.6 is 0 Å². The summed E-state index contributed by atoms with van der Waals surface area (Å²) in [5, 5.41) is 8.21. The summed E-state index contributed by atoms with van der Waals surface area (Å²) in [4.78, 5) is 12.3. The minimum atomic E-state index is 0.0133. The molecule has 0 atom stereocenters. The van der Waals surface area contributed by atoms with E-state index in [0.717, 1.165) is 22.6 Å². The van der Waals surface area contributed by atoms with E-state index >= 15 is 0 Å². The van der Waals surface area contributed by atoms with E-state index in [2.05, 4.69) is 5.32 Å². The Morgan fingerprint density at radius 3 is 2.58 bits per heavy atom. The highest BCUT2D eigenvalue weighted by molar-refractivity contribution is 6.06. The van der Waals surface area contributed by atoms with E-state index in [1.165, 1.54) is 12.8 Å². The summed E-state index contributed by atoms with van der Waals surface area (Å²) < 4.78 is 7.05. The van der Waals surface area contributed by atoms with Gasteiger partial charge in [-0.3, -0.25) is 4.79 Å². The molecular formula is C19H19N3O2. The number of fused-ring (bicyclic) bond motifs is 1. The number of nitrogens with zero attached hydrogens (tertiary/aromatic N) is 2. The number of rotatable bonds is 5. The van der Waals surface area contributed by atoms with E-state index in [0.29, 0.717) is 17.3 Å². The summed E-state index contributed by atoms with van der Waals surface area (Å²) in [6.45, 7) is 1.59. The van der Waals surface area contributed by atoms with Crippen molar-refractivity contribution >= 4 is 17.1 Å². The summed E-state index contributed by atoms with van der Waals surface area (Å²) in [5.74, 6) is 1.72. The smallest absolute Gasteiger partial charge is 0.164 e. The Morgan fingerprint density at radius 1 is 1.21 bits per heavy atom. The van der Waals surface area contributed by atoms with E-state index in [-0.39, 0.29) is 5.78 Å². The van der Waals surface area contributed by atoms with Gasteiger partial charge in [-0.15, -0.1) is 0 Å². The molecule has 0 unspecified atom stereocenters. The molecule has 1 aliphatic rings. The van der Waals surface area contributed by atoms with Crippen LogP contribution in [0.5, 0.6) is 5.75 Å². The van der Waals surface area contributed by atoms with Gasteiger partial charge < -0.3 is 10.1 Å². The van der Waals surface area contributed by atoms with E-state index in [9.17, 15) is 4.79 Å². The minimum Gasteiger partial charge on any atom is -0.497 e. The number of carbonyl (C=O) groups is 1. The third kappa shape index (κ3) is 2.52. The van der Waals surface area contributed by atoms with Gasteiger partial charge in [0.2, 0.25) is 0 Å². The lowest BCUT2D eigenvalue weighted by Crippen LogP contribution is -2.06. The lowest BCUT2D eigenvalue weighted by Gasteiger charge is -2.06. The summed E-state index contributed by atoms with van der Waals surface area (Å²) in [5.41, 5.74) is 3.09. The number of benzene rings is 1. The van der Waals surface area contributed by atoms with Crippen molar-refractivity contribution in [1.82, 2.24) is 9.61 Å². The molecular weight excluding hydrogens is 302 g/mol. The second-order valence-corrected chi connectivity index (χ2v) is 6.13. The average Bonchev–Trinajstić information content (AvgIpc) is 3.31. The molecule has 0 amide bonds. The van der Waals surface area contributed by atoms with E-state index in [4.69, 9.17) is 9.84 Å². The molecule has 0 saturated heterocycles. The first-order valence-corrected chi connectivity index (χ1v) is 8.11. The largest absolute Gasteiger partial charge is 0.497 e. The third-order valence-electron chi connectivity index (χ3n) is 4.30. The average molecular weight is 321 g/mol. The second-order valence-electron chi connectivity index (χ2n) is 6.13. The van der Waals surface area contributed by atoms with Crippen LogP contribution in [0, 0.1) is 0 Å². The number of methoxy groups -OCH3 is 1. The molecule has 1 fully saturated rings. The summed E-state index contributed by atoms with van der Waals surface area (Å²) in [6, 6.07) is 14.0. The van der Waals surface area contributed by atoms with Gasteiger partial charge in [-0.05, 0) is 56.2 Å². The molecule has 3 aromatic rings. The lowest BCUT2D eigenvalue weighted by molar-refractivity contribution is 0.102. The Labute approximate surface area is 140 Å². The van der Waals surface area contributed by atoms with Gasteiger partial charge in [0.1, 0.15) is 17.3 Å². The van der Waals surface area contributed by atoms with Crippen molar-refractivity contribution < 1.29 is 9.53 Å². The molecule has 5 heteroatoms. The van der Waals surface area contributed by atoms with Gasteiger partial charge in [0.15, 0.2) is 5.78 Å². The van der Waals surface area contributed by atoms with Gasteiger partial charge in [0.25, 0.3) is 0 Å². The zero-order valence-corrected chi connectivity index (χ0v) is 13.7. The molecule has 24 heavy (non-hydrogen) atoms. The highest BCUT2D eigenvalue weighted by atomic mass is 16.5. The Morgan fingerprint density at radius 2 is 1.96 bits per heavy atom. The fourth-order valence-corrected chi connectivity index (χ4v) is 2.91. The Hall–Kier alpha value is -2.82. The standard InChI is InChI=1S/C19H19N3O2/c1-12(23)18-16-4-3-5-17(20-14-8-9-14)22(16)21-19(18)13-6-10-15(24-2)11-7-13/h3-7,10-11,14,20H,8-9H2,1-2H3. The van der Waals surface area contributed by atoms with E-state index in [1.54, 1.807) is 14.0 Å². The topological polar surface area (TPSA) is 55.6 Å². The molecule has 1 saturated carbocycles. The fourth-order valence-electron chi connectivity index (χ4n) is 2.91. The summed E-state index contributed by atoms with van der Waals surface area (Å²) >= 11 is 0. The van der Waals surface area contributed by atoms with E-state index < -0.39 is 0 Å². The SMILES string of the molecule is COc1ccc(-c2nn3c(NC4CC4)cccc3c2C(C)=O)cc1. The quantitative estimate of drug-likeness (QED) is 0.727. The highest BCUT2D eigenvalue weighted by Crippen LogP contribution is 2.31. The molecule has 1 N–H and O–H groups in total. The predicted molar refractivity (Wildman–Crippen MR) is 93.8 cm³/mol. The number of ketones is 1. The molecule has 1 aliphatic carbocycles. The van der Waals surface area contributed by atoms with Gasteiger partial charge in [0.05, 0.1) is 18.2 Å². The van der Waals surface area contributed by atoms with Gasteiger partial charge in [-0.2, -0.15) is 5.10 Å². The molecule has 2 aromatic heterocycles. The lowest BCUT2D eigenvalue weighted by atomic mass is 10.0. The first-order valence-electron chi connectivity index (χ1n) is 8.11. The van der Waals surface area contributed by atoms with Crippen LogP contribution in [0.15, 0.2) is 42.5 Å². The van der Waals surface area contributed by atoms with Crippen molar-refractivity contribution in [3.05, 3.63) is 48.0 Å². The normalized spacial score (nSPS) is 13.9. The maximum atomic E-state index is 12.3. The molecule has 0 aliphatic heterocycles. The number of hydrogen-bond donors (Lipinski definition) is 1. The van der Waals surface area contributed by atoms with Crippen LogP contribution in [0.4, 0.5) is 5.82 Å². The molecule has 5 nitrogen and oxygen atoms in total. The number of Topliss-reactive ketones (excluding diaryl/α,β-unsaturated/α-hetero) is 1. The highest BCUT2D eigenvalue weighted by Gasteiger charge is 2.24. The Balaban J connectivity index is 1.89. The number of pyridine rings is 1. The van der Waals surface area contributed by atoms with Crippen LogP contribution in [0.2, 0.25) is 0 Å². The maximum absolute atomic E-state index is 12.3. The second kappa shape index (κ2) is 5.67. The number of aromatic nitrogens is 2. The minimum absolute atomic E-state index is 0.0133. The van der Waals surface area contributed by atoms with Crippen LogP contribution in [-0.2, 0) is 0 Å². The first-order chi connectivity index (χ1) is 11.7. The van der Waals surface area contributed by atoms with Crippen molar-refractivity contribution in [3.8, 4) is 17.0 Å². The number of nitrogens with one attached hydrogen (secondary N) is 1. The van der Waals surface area contributed by atoms with Gasteiger partial charge in [-0.25, -0.2) is 4.52 Å². The zero-order chi connectivity index (χ0) is 16.7. The molecule has 2 heterocycles. The first kappa shape index (κ1) is 14.8. The zero-order valence-electron chi connectivity index (χ0n) is 13.7. The van der Waals surface area contributed by atoms with Crippen molar-refractivity contribution in [1.29, 1.82) is 0 Å². The maximum Gasteiger partial charge on any atom is 0.164 e. The summed E-state index contributed by atoms with van der Waals surface area (Å²) in [7, 11) is 1.64. The van der Waals surface area contributed by atoms with Crippen LogP contribution in [0.1, 0.15) is 30.1 Å². The fraction of sp³-hybridized carbons (Fsp3) is 0.263. The Kier molecular flexibility index (Phi) is 3.49. The predicted octanol–water partition coefficient (Wildman–Crippen LogP) is 3.79. The van der Waals surface area contributed by atoms with Gasteiger partial charge >= 0.3 is 0 Å². The number of ether oxygens (including phenoxy) is 1. The number of carbonyl (C=O) groups excluding carboxylic acids is 1. The van der Waals surface area contributed by atoms with E-state index in [1.807, 2.05) is 47.0 Å². The third-order valence-corrected chi connectivity index (χ3v) is 4.30. The van der Waals surface area contributed by atoms with Crippen molar-refractivity contribution in [3.63, 3.8) is 0 Å². The Bertz CT molecular complexity index is 908.